The SMILES string of the molecule is CCCCOCCCCn1cnnn1. The van der Waals surface area contributed by atoms with Gasteiger partial charge in [-0.05, 0) is 29.7 Å². The minimum Gasteiger partial charge on any atom is -0.381 e. The normalized spacial score (nSPS) is 10.6. The molecule has 14 heavy (non-hydrogen) atoms. The van der Waals surface area contributed by atoms with E-state index in [1.165, 1.54) is 6.42 Å². The van der Waals surface area contributed by atoms with E-state index in [-0.39, 0.29) is 0 Å². The molecule has 0 aliphatic heterocycles. The number of nitrogens with zero attached hydrogens (tertiary/aromatic N) is 4. The van der Waals surface area contributed by atoms with Gasteiger partial charge in [0.2, 0.25) is 0 Å². The number of hydrogen-bond acceptors (Lipinski definition) is 4. The molecular weight excluding hydrogens is 180 g/mol. The first-order valence-electron chi connectivity index (χ1n) is 5.22. The highest BCUT2D eigenvalue weighted by molar-refractivity contribution is 4.47. The lowest BCUT2D eigenvalue weighted by Crippen LogP contribution is -2.02. The maximum atomic E-state index is 5.43. The van der Waals surface area contributed by atoms with Crippen molar-refractivity contribution >= 4 is 0 Å². The lowest BCUT2D eigenvalue weighted by atomic mass is 10.3. The summed E-state index contributed by atoms with van der Waals surface area (Å²) in [6.45, 7) is 4.79. The predicted octanol–water partition coefficient (Wildman–Crippen LogP) is 1.27. The van der Waals surface area contributed by atoms with Crippen LogP contribution in [-0.2, 0) is 11.3 Å². The smallest absolute Gasteiger partial charge is 0.138 e. The Morgan fingerprint density at radius 2 is 2.07 bits per heavy atom. The maximum absolute atomic E-state index is 5.43. The number of aryl methyl sites for hydroxylation is 1. The van der Waals surface area contributed by atoms with Crippen LogP contribution in [0.25, 0.3) is 0 Å². The Morgan fingerprint density at radius 1 is 1.21 bits per heavy atom. The maximum Gasteiger partial charge on any atom is 0.138 e. The third kappa shape index (κ3) is 4.91. The van der Waals surface area contributed by atoms with E-state index in [2.05, 4.69) is 22.4 Å². The molecular formula is C9H18N4O. The zero-order valence-corrected chi connectivity index (χ0v) is 8.72. The zero-order chi connectivity index (χ0) is 10.1. The molecule has 0 amide bonds. The summed E-state index contributed by atoms with van der Waals surface area (Å²) in [7, 11) is 0. The summed E-state index contributed by atoms with van der Waals surface area (Å²) < 4.78 is 7.17. The first-order chi connectivity index (χ1) is 6.93. The fourth-order valence-electron chi connectivity index (χ4n) is 1.11. The van der Waals surface area contributed by atoms with Crippen LogP contribution in [0, 0.1) is 0 Å². The standard InChI is InChI=1S/C9H18N4O/c1-2-3-7-14-8-5-4-6-13-9-10-11-12-13/h9H,2-8H2,1H3. The van der Waals surface area contributed by atoms with Crippen LogP contribution in [-0.4, -0.2) is 33.4 Å². The Bertz CT molecular complexity index is 213. The molecule has 1 heterocycles. The van der Waals surface area contributed by atoms with Gasteiger partial charge in [-0.2, -0.15) is 0 Å². The number of aromatic nitrogens is 4. The molecule has 0 fully saturated rings. The van der Waals surface area contributed by atoms with Gasteiger partial charge in [-0.1, -0.05) is 13.3 Å². The van der Waals surface area contributed by atoms with Gasteiger partial charge in [-0.15, -0.1) is 5.10 Å². The summed E-state index contributed by atoms with van der Waals surface area (Å²) in [6, 6.07) is 0. The van der Waals surface area contributed by atoms with Gasteiger partial charge in [0, 0.05) is 19.8 Å². The molecule has 0 saturated heterocycles. The van der Waals surface area contributed by atoms with Crippen molar-refractivity contribution in [3.8, 4) is 0 Å². The average Bonchev–Trinajstić information content (AvgIpc) is 2.69. The fourth-order valence-corrected chi connectivity index (χ4v) is 1.11. The summed E-state index contributed by atoms with van der Waals surface area (Å²) in [6.07, 6.45) is 6.14. The second-order valence-corrected chi connectivity index (χ2v) is 3.25. The molecule has 1 rings (SSSR count). The topological polar surface area (TPSA) is 52.8 Å². The fraction of sp³-hybridized carbons (Fsp3) is 0.889. The Morgan fingerprint density at radius 3 is 2.79 bits per heavy atom. The van der Waals surface area contributed by atoms with Crippen molar-refractivity contribution in [2.24, 2.45) is 0 Å². The van der Waals surface area contributed by atoms with Crippen molar-refractivity contribution in [1.82, 2.24) is 20.2 Å². The van der Waals surface area contributed by atoms with Gasteiger partial charge in [0.1, 0.15) is 6.33 Å². The molecule has 1 aromatic heterocycles. The average molecular weight is 198 g/mol. The zero-order valence-electron chi connectivity index (χ0n) is 8.72. The van der Waals surface area contributed by atoms with Crippen molar-refractivity contribution in [2.75, 3.05) is 13.2 Å². The lowest BCUT2D eigenvalue weighted by Gasteiger charge is -2.02. The highest BCUT2D eigenvalue weighted by Gasteiger charge is 1.93. The Balaban J connectivity index is 1.85. The number of tetrazole rings is 1. The molecule has 80 valence electrons. The van der Waals surface area contributed by atoms with Crippen molar-refractivity contribution in [1.29, 1.82) is 0 Å². The third-order valence-corrected chi connectivity index (χ3v) is 1.96. The molecule has 0 radical (unpaired) electrons. The molecule has 5 heteroatoms. The molecule has 0 spiro atoms. The minimum absolute atomic E-state index is 0.849. The first-order valence-corrected chi connectivity index (χ1v) is 5.22. The largest absolute Gasteiger partial charge is 0.381 e. The van der Waals surface area contributed by atoms with Gasteiger partial charge in [0.15, 0.2) is 0 Å². The highest BCUT2D eigenvalue weighted by atomic mass is 16.5. The molecule has 0 saturated carbocycles. The molecule has 0 N–H and O–H groups in total. The van der Waals surface area contributed by atoms with Gasteiger partial charge < -0.3 is 4.74 Å². The van der Waals surface area contributed by atoms with Crippen LogP contribution in [0.3, 0.4) is 0 Å². The van der Waals surface area contributed by atoms with Crippen LogP contribution in [0.2, 0.25) is 0 Å². The minimum atomic E-state index is 0.849. The number of ether oxygens (including phenoxy) is 1. The molecule has 5 nitrogen and oxygen atoms in total. The molecule has 0 aromatic carbocycles. The van der Waals surface area contributed by atoms with E-state index in [4.69, 9.17) is 4.74 Å². The van der Waals surface area contributed by atoms with E-state index in [0.717, 1.165) is 39.0 Å². The predicted molar refractivity (Wildman–Crippen MR) is 52.8 cm³/mol. The van der Waals surface area contributed by atoms with Crippen LogP contribution in [0.4, 0.5) is 0 Å². The Kier molecular flexibility index (Phi) is 5.90. The van der Waals surface area contributed by atoms with Gasteiger partial charge in [-0.25, -0.2) is 4.68 Å². The van der Waals surface area contributed by atoms with Crippen LogP contribution in [0.15, 0.2) is 6.33 Å². The van der Waals surface area contributed by atoms with E-state index in [9.17, 15) is 0 Å². The monoisotopic (exact) mass is 198 g/mol. The Hall–Kier alpha value is -0.970. The van der Waals surface area contributed by atoms with Gasteiger partial charge in [-0.3, -0.25) is 0 Å². The van der Waals surface area contributed by atoms with E-state index in [1.54, 1.807) is 11.0 Å². The van der Waals surface area contributed by atoms with Crippen molar-refractivity contribution < 1.29 is 4.74 Å². The van der Waals surface area contributed by atoms with Crippen molar-refractivity contribution in [3.05, 3.63) is 6.33 Å². The first kappa shape index (κ1) is 11.1. The van der Waals surface area contributed by atoms with E-state index >= 15 is 0 Å². The molecule has 0 bridgehead atoms. The number of hydrogen-bond donors (Lipinski definition) is 0. The van der Waals surface area contributed by atoms with Crippen molar-refractivity contribution in [3.63, 3.8) is 0 Å². The number of unbranched alkanes of at least 4 members (excludes halogenated alkanes) is 2. The number of rotatable bonds is 8. The van der Waals surface area contributed by atoms with E-state index in [1.807, 2.05) is 0 Å². The van der Waals surface area contributed by atoms with Crippen LogP contribution < -0.4 is 0 Å². The van der Waals surface area contributed by atoms with E-state index in [0.29, 0.717) is 0 Å². The summed E-state index contributed by atoms with van der Waals surface area (Å²) >= 11 is 0. The summed E-state index contributed by atoms with van der Waals surface area (Å²) in [5, 5.41) is 10.9. The molecule has 0 aliphatic carbocycles. The van der Waals surface area contributed by atoms with Crippen LogP contribution >= 0.6 is 0 Å². The van der Waals surface area contributed by atoms with Crippen LogP contribution in [0.5, 0.6) is 0 Å². The Labute approximate surface area is 84.4 Å². The molecule has 0 aliphatic rings. The van der Waals surface area contributed by atoms with Gasteiger partial charge in [0.05, 0.1) is 0 Å². The van der Waals surface area contributed by atoms with Crippen molar-refractivity contribution in [2.45, 2.75) is 39.2 Å². The summed E-state index contributed by atoms with van der Waals surface area (Å²) in [5.41, 5.74) is 0. The highest BCUT2D eigenvalue weighted by Crippen LogP contribution is 1.95. The van der Waals surface area contributed by atoms with Gasteiger partial charge in [0.25, 0.3) is 0 Å². The van der Waals surface area contributed by atoms with E-state index < -0.39 is 0 Å². The second-order valence-electron chi connectivity index (χ2n) is 3.25. The summed E-state index contributed by atoms with van der Waals surface area (Å²) in [4.78, 5) is 0. The summed E-state index contributed by atoms with van der Waals surface area (Å²) in [5.74, 6) is 0. The lowest BCUT2D eigenvalue weighted by molar-refractivity contribution is 0.126. The van der Waals surface area contributed by atoms with Crippen LogP contribution in [0.1, 0.15) is 32.6 Å². The quantitative estimate of drug-likeness (QED) is 0.590. The third-order valence-electron chi connectivity index (χ3n) is 1.96. The van der Waals surface area contributed by atoms with Gasteiger partial charge >= 0.3 is 0 Å². The molecule has 1 aromatic rings. The molecule has 0 atom stereocenters. The second kappa shape index (κ2) is 7.44. The molecule has 0 unspecified atom stereocenters.